The van der Waals surface area contributed by atoms with Crippen LogP contribution in [0.3, 0.4) is 0 Å². The molecule has 3 aromatic rings. The molecule has 0 aliphatic carbocycles. The fourth-order valence-electron chi connectivity index (χ4n) is 2.27. The summed E-state index contributed by atoms with van der Waals surface area (Å²) in [6.07, 6.45) is 2.84. The highest BCUT2D eigenvalue weighted by Crippen LogP contribution is 2.27. The number of oxazole rings is 1. The zero-order valence-corrected chi connectivity index (χ0v) is 11.8. The number of hydrogen-bond acceptors (Lipinski definition) is 4. The van der Waals surface area contributed by atoms with Crippen molar-refractivity contribution < 1.29 is 4.42 Å². The Balaban J connectivity index is 1.91. The minimum Gasteiger partial charge on any atom is -0.438 e. The number of hydrogen-bond donors (Lipinski definition) is 1. The van der Waals surface area contributed by atoms with Gasteiger partial charge < -0.3 is 9.73 Å². The molecule has 2 heterocycles. The van der Waals surface area contributed by atoms with Crippen LogP contribution in [0.2, 0.25) is 0 Å². The molecule has 5 heteroatoms. The van der Waals surface area contributed by atoms with E-state index in [1.165, 1.54) is 0 Å². The van der Waals surface area contributed by atoms with E-state index in [9.17, 15) is 0 Å². The molecule has 0 unspecified atom stereocenters. The van der Waals surface area contributed by atoms with E-state index in [2.05, 4.69) is 28.4 Å². The Morgan fingerprint density at radius 3 is 3.00 bits per heavy atom. The van der Waals surface area contributed by atoms with Gasteiger partial charge in [-0.2, -0.15) is 5.10 Å². The summed E-state index contributed by atoms with van der Waals surface area (Å²) in [7, 11) is 1.94. The highest BCUT2D eigenvalue weighted by atomic mass is 16.4. The molecule has 0 radical (unpaired) electrons. The summed E-state index contributed by atoms with van der Waals surface area (Å²) < 4.78 is 7.65. The third kappa shape index (κ3) is 2.32. The lowest BCUT2D eigenvalue weighted by Crippen LogP contribution is -2.13. The van der Waals surface area contributed by atoms with Crippen LogP contribution in [0, 0.1) is 0 Å². The molecule has 20 heavy (non-hydrogen) atoms. The van der Waals surface area contributed by atoms with E-state index < -0.39 is 0 Å². The minimum absolute atomic E-state index is 0.651. The average Bonchev–Trinajstić information content (AvgIpc) is 3.05. The maximum absolute atomic E-state index is 5.79. The van der Waals surface area contributed by atoms with Crippen molar-refractivity contribution in [1.82, 2.24) is 20.1 Å². The minimum atomic E-state index is 0.651. The van der Waals surface area contributed by atoms with Crippen LogP contribution in [0.4, 0.5) is 0 Å². The van der Waals surface area contributed by atoms with E-state index in [4.69, 9.17) is 4.42 Å². The molecular weight excluding hydrogens is 252 g/mol. The van der Waals surface area contributed by atoms with Crippen molar-refractivity contribution in [2.75, 3.05) is 6.54 Å². The standard InChI is InChI=1S/C15H18N4O/c1-3-8-16-10-14-17-9-13(20-14)15-11-6-4-5-7-12(11)19(2)18-15/h4-7,9,16H,3,8,10H2,1-2H3. The quantitative estimate of drug-likeness (QED) is 0.724. The van der Waals surface area contributed by atoms with Crippen LogP contribution >= 0.6 is 0 Å². The smallest absolute Gasteiger partial charge is 0.208 e. The number of rotatable bonds is 5. The van der Waals surface area contributed by atoms with Crippen LogP contribution in [0.15, 0.2) is 34.9 Å². The van der Waals surface area contributed by atoms with Crippen LogP contribution in [-0.2, 0) is 13.6 Å². The highest BCUT2D eigenvalue weighted by molar-refractivity contribution is 5.91. The van der Waals surface area contributed by atoms with Crippen molar-refractivity contribution in [2.45, 2.75) is 19.9 Å². The van der Waals surface area contributed by atoms with E-state index in [1.807, 2.05) is 29.9 Å². The van der Waals surface area contributed by atoms with E-state index >= 15 is 0 Å². The summed E-state index contributed by atoms with van der Waals surface area (Å²) in [5.41, 5.74) is 1.93. The van der Waals surface area contributed by atoms with Crippen LogP contribution in [0.25, 0.3) is 22.4 Å². The van der Waals surface area contributed by atoms with Crippen molar-refractivity contribution >= 4 is 10.9 Å². The lowest BCUT2D eigenvalue weighted by molar-refractivity contribution is 0.476. The summed E-state index contributed by atoms with van der Waals surface area (Å²) in [4.78, 5) is 4.30. The van der Waals surface area contributed by atoms with E-state index in [1.54, 1.807) is 6.20 Å². The molecule has 0 amide bonds. The third-order valence-electron chi connectivity index (χ3n) is 3.25. The Labute approximate surface area is 117 Å². The van der Waals surface area contributed by atoms with Gasteiger partial charge in [0.25, 0.3) is 0 Å². The predicted octanol–water partition coefficient (Wildman–Crippen LogP) is 2.73. The number of benzene rings is 1. The first kappa shape index (κ1) is 12.9. The zero-order valence-electron chi connectivity index (χ0n) is 11.8. The molecule has 0 aliphatic heterocycles. The van der Waals surface area contributed by atoms with Crippen LogP contribution < -0.4 is 5.32 Å². The number of aromatic nitrogens is 3. The number of nitrogens with one attached hydrogen (secondary N) is 1. The van der Waals surface area contributed by atoms with Gasteiger partial charge in [-0.1, -0.05) is 25.1 Å². The van der Waals surface area contributed by atoms with Gasteiger partial charge in [-0.3, -0.25) is 4.68 Å². The molecule has 0 atom stereocenters. The molecule has 1 N–H and O–H groups in total. The van der Waals surface area contributed by atoms with Crippen LogP contribution in [0.5, 0.6) is 0 Å². The van der Waals surface area contributed by atoms with Gasteiger partial charge in [0.05, 0.1) is 18.3 Å². The second kappa shape index (κ2) is 5.46. The second-order valence-electron chi connectivity index (χ2n) is 4.78. The lowest BCUT2D eigenvalue weighted by Gasteiger charge is -1.97. The largest absolute Gasteiger partial charge is 0.438 e. The first-order chi connectivity index (χ1) is 9.79. The van der Waals surface area contributed by atoms with E-state index in [0.717, 1.165) is 35.3 Å². The van der Waals surface area contributed by atoms with Gasteiger partial charge in [-0.15, -0.1) is 0 Å². The molecule has 0 fully saturated rings. The first-order valence-electron chi connectivity index (χ1n) is 6.87. The third-order valence-corrected chi connectivity index (χ3v) is 3.25. The lowest BCUT2D eigenvalue weighted by atomic mass is 10.2. The van der Waals surface area contributed by atoms with Crippen molar-refractivity contribution in [2.24, 2.45) is 7.05 Å². The Morgan fingerprint density at radius 2 is 2.15 bits per heavy atom. The topological polar surface area (TPSA) is 55.9 Å². The Bertz CT molecular complexity index is 714. The van der Waals surface area contributed by atoms with E-state index in [-0.39, 0.29) is 0 Å². The van der Waals surface area contributed by atoms with Gasteiger partial charge in [-0.25, -0.2) is 4.98 Å². The monoisotopic (exact) mass is 270 g/mol. The normalized spacial score (nSPS) is 11.3. The molecule has 5 nitrogen and oxygen atoms in total. The van der Waals surface area contributed by atoms with Gasteiger partial charge in [0.1, 0.15) is 5.69 Å². The molecule has 3 rings (SSSR count). The second-order valence-corrected chi connectivity index (χ2v) is 4.78. The summed E-state index contributed by atoms with van der Waals surface area (Å²) >= 11 is 0. The van der Waals surface area contributed by atoms with Crippen LogP contribution in [-0.4, -0.2) is 21.3 Å². The fraction of sp³-hybridized carbons (Fsp3) is 0.333. The molecular formula is C15H18N4O. The summed E-state index contributed by atoms with van der Waals surface area (Å²) in [5.74, 6) is 1.42. The Hall–Kier alpha value is -2.14. The van der Waals surface area contributed by atoms with Crippen LogP contribution in [0.1, 0.15) is 19.2 Å². The summed E-state index contributed by atoms with van der Waals surface area (Å²) in [6.45, 7) is 3.75. The highest BCUT2D eigenvalue weighted by Gasteiger charge is 2.14. The SMILES string of the molecule is CCCNCc1ncc(-c2nn(C)c3ccccc23)o1. The average molecular weight is 270 g/mol. The Morgan fingerprint density at radius 1 is 1.30 bits per heavy atom. The van der Waals surface area contributed by atoms with Gasteiger partial charge in [-0.05, 0) is 19.0 Å². The first-order valence-corrected chi connectivity index (χ1v) is 6.87. The summed E-state index contributed by atoms with van der Waals surface area (Å²) in [6, 6.07) is 8.11. The molecule has 0 spiro atoms. The number of fused-ring (bicyclic) bond motifs is 1. The predicted molar refractivity (Wildman–Crippen MR) is 78.2 cm³/mol. The van der Waals surface area contributed by atoms with Gasteiger partial charge in [0.2, 0.25) is 5.89 Å². The van der Waals surface area contributed by atoms with Crippen molar-refractivity contribution in [3.05, 3.63) is 36.4 Å². The maximum atomic E-state index is 5.79. The number of para-hydroxylation sites is 1. The number of nitrogens with zero attached hydrogens (tertiary/aromatic N) is 3. The molecule has 0 bridgehead atoms. The van der Waals surface area contributed by atoms with Crippen molar-refractivity contribution in [3.63, 3.8) is 0 Å². The van der Waals surface area contributed by atoms with E-state index in [0.29, 0.717) is 12.4 Å². The Kier molecular flexibility index (Phi) is 3.52. The molecule has 0 aliphatic rings. The maximum Gasteiger partial charge on any atom is 0.208 e. The fourth-order valence-corrected chi connectivity index (χ4v) is 2.27. The van der Waals surface area contributed by atoms with Gasteiger partial charge in [0.15, 0.2) is 5.76 Å². The molecule has 0 saturated heterocycles. The van der Waals surface area contributed by atoms with Crippen molar-refractivity contribution in [3.8, 4) is 11.5 Å². The zero-order chi connectivity index (χ0) is 13.9. The van der Waals surface area contributed by atoms with Gasteiger partial charge >= 0.3 is 0 Å². The summed E-state index contributed by atoms with van der Waals surface area (Å²) in [5, 5.41) is 8.89. The molecule has 0 saturated carbocycles. The molecule has 104 valence electrons. The molecule has 2 aromatic heterocycles. The molecule has 1 aromatic carbocycles. The van der Waals surface area contributed by atoms with Crippen molar-refractivity contribution in [1.29, 1.82) is 0 Å². The van der Waals surface area contributed by atoms with Gasteiger partial charge in [0, 0.05) is 12.4 Å². The number of aryl methyl sites for hydroxylation is 1.